The molecule has 0 amide bonds. The van der Waals surface area contributed by atoms with Crippen LogP contribution in [0.25, 0.3) is 11.2 Å². The van der Waals surface area contributed by atoms with Gasteiger partial charge in [0.25, 0.3) is 0 Å². The van der Waals surface area contributed by atoms with Crippen molar-refractivity contribution >= 4 is 35.0 Å². The molecule has 3 rings (SSSR count). The van der Waals surface area contributed by atoms with E-state index >= 15 is 0 Å². The summed E-state index contributed by atoms with van der Waals surface area (Å²) in [5.74, 6) is 0. The number of aromatic nitrogens is 3. The Hall–Kier alpha value is -0.950. The number of hydrogen-bond acceptors (Lipinski definition) is 4. The summed E-state index contributed by atoms with van der Waals surface area (Å²) in [5, 5.41) is 0.586. The van der Waals surface area contributed by atoms with Gasteiger partial charge in [-0.2, -0.15) is 0 Å². The van der Waals surface area contributed by atoms with Gasteiger partial charge in [-0.3, -0.25) is 4.57 Å². The van der Waals surface area contributed by atoms with Crippen molar-refractivity contribution in [3.05, 3.63) is 22.1 Å². The molecule has 1 saturated heterocycles. The zero-order valence-electron chi connectivity index (χ0n) is 9.56. The first-order valence-electron chi connectivity index (χ1n) is 5.67. The van der Waals surface area contributed by atoms with Gasteiger partial charge in [0, 0.05) is 6.20 Å². The molecule has 2 aromatic heterocycles. The smallest absolute Gasteiger partial charge is 0.179 e. The van der Waals surface area contributed by atoms with Crippen LogP contribution in [0.15, 0.2) is 12.3 Å². The molecule has 3 heterocycles. The van der Waals surface area contributed by atoms with Crippen LogP contribution in [0.1, 0.15) is 0 Å². The number of rotatable bonds is 2. The van der Waals surface area contributed by atoms with Crippen LogP contribution in [0.3, 0.4) is 0 Å². The van der Waals surface area contributed by atoms with Crippen LogP contribution >= 0.6 is 23.8 Å². The van der Waals surface area contributed by atoms with Crippen LogP contribution in [0.2, 0.25) is 5.02 Å². The number of pyridine rings is 1. The van der Waals surface area contributed by atoms with Crippen LogP contribution in [-0.2, 0) is 16.0 Å². The van der Waals surface area contributed by atoms with Crippen molar-refractivity contribution in [1.82, 2.24) is 14.5 Å². The highest BCUT2D eigenvalue weighted by atomic mass is 35.5. The molecule has 0 radical (unpaired) electrons. The third-order valence-corrected chi connectivity index (χ3v) is 3.38. The molecule has 2 aromatic rings. The SMILES string of the molecule is S=c1[nH]c2cc(Cl)cnc2n1CC1COCCO1. The van der Waals surface area contributed by atoms with E-state index in [1.807, 2.05) is 10.6 Å². The van der Waals surface area contributed by atoms with Crippen molar-refractivity contribution in [2.75, 3.05) is 19.8 Å². The summed E-state index contributed by atoms with van der Waals surface area (Å²) in [7, 11) is 0. The first-order valence-corrected chi connectivity index (χ1v) is 6.46. The number of ether oxygens (including phenoxy) is 2. The Kier molecular flexibility index (Phi) is 3.34. The fourth-order valence-electron chi connectivity index (χ4n) is 2.03. The molecule has 1 aliphatic rings. The van der Waals surface area contributed by atoms with Gasteiger partial charge in [-0.1, -0.05) is 11.6 Å². The molecule has 1 aliphatic heterocycles. The molecule has 0 aliphatic carbocycles. The van der Waals surface area contributed by atoms with E-state index in [1.165, 1.54) is 0 Å². The highest BCUT2D eigenvalue weighted by Crippen LogP contribution is 2.17. The molecule has 1 N–H and O–H groups in total. The number of halogens is 1. The molecule has 0 aromatic carbocycles. The molecule has 0 bridgehead atoms. The Morgan fingerprint density at radius 3 is 3.22 bits per heavy atom. The summed E-state index contributed by atoms with van der Waals surface area (Å²) in [5.41, 5.74) is 1.63. The molecule has 96 valence electrons. The first-order chi connectivity index (χ1) is 8.74. The molecule has 0 spiro atoms. The summed E-state index contributed by atoms with van der Waals surface area (Å²) in [6.07, 6.45) is 1.63. The standard InChI is InChI=1S/C11H12ClN3O2S/c12-7-3-9-10(13-4-7)15(11(18)14-9)5-8-6-16-1-2-17-8/h3-4,8H,1-2,5-6H2,(H,14,18). The van der Waals surface area contributed by atoms with Gasteiger partial charge in [-0.15, -0.1) is 0 Å². The van der Waals surface area contributed by atoms with Gasteiger partial charge < -0.3 is 14.5 Å². The maximum absolute atomic E-state index is 5.90. The minimum Gasteiger partial charge on any atom is -0.376 e. The number of imidazole rings is 1. The molecule has 1 fully saturated rings. The lowest BCUT2D eigenvalue weighted by Crippen LogP contribution is -2.32. The Morgan fingerprint density at radius 1 is 1.56 bits per heavy atom. The van der Waals surface area contributed by atoms with Crippen molar-refractivity contribution in [2.24, 2.45) is 0 Å². The van der Waals surface area contributed by atoms with E-state index in [0.29, 0.717) is 36.2 Å². The highest BCUT2D eigenvalue weighted by Gasteiger charge is 2.17. The minimum atomic E-state index is 0.0157. The largest absolute Gasteiger partial charge is 0.376 e. The van der Waals surface area contributed by atoms with Gasteiger partial charge in [-0.05, 0) is 18.3 Å². The van der Waals surface area contributed by atoms with E-state index in [4.69, 9.17) is 33.3 Å². The van der Waals surface area contributed by atoms with Crippen LogP contribution in [0.5, 0.6) is 0 Å². The fraction of sp³-hybridized carbons (Fsp3) is 0.455. The van der Waals surface area contributed by atoms with Crippen molar-refractivity contribution in [2.45, 2.75) is 12.6 Å². The second kappa shape index (κ2) is 4.97. The summed E-state index contributed by atoms with van der Waals surface area (Å²) >= 11 is 11.2. The third kappa shape index (κ3) is 2.29. The molecular formula is C11H12ClN3O2S. The number of hydrogen-bond donors (Lipinski definition) is 1. The molecule has 5 nitrogen and oxygen atoms in total. The van der Waals surface area contributed by atoms with Crippen LogP contribution in [-0.4, -0.2) is 40.5 Å². The van der Waals surface area contributed by atoms with Crippen molar-refractivity contribution in [3.8, 4) is 0 Å². The normalized spacial score (nSPS) is 20.4. The van der Waals surface area contributed by atoms with Crippen molar-refractivity contribution in [3.63, 3.8) is 0 Å². The number of nitrogens with zero attached hydrogens (tertiary/aromatic N) is 2. The lowest BCUT2D eigenvalue weighted by atomic mass is 10.3. The molecule has 7 heteroatoms. The van der Waals surface area contributed by atoms with Gasteiger partial charge in [0.15, 0.2) is 10.4 Å². The summed E-state index contributed by atoms with van der Waals surface area (Å²) in [6, 6.07) is 1.81. The van der Waals surface area contributed by atoms with Crippen LogP contribution in [0.4, 0.5) is 0 Å². The first kappa shape index (κ1) is 12.1. The van der Waals surface area contributed by atoms with Gasteiger partial charge >= 0.3 is 0 Å². The molecule has 1 unspecified atom stereocenters. The average molecular weight is 286 g/mol. The topological polar surface area (TPSA) is 52.1 Å². The number of H-pyrrole nitrogens is 1. The predicted octanol–water partition coefficient (Wildman–Crippen LogP) is 2.16. The Morgan fingerprint density at radius 2 is 2.44 bits per heavy atom. The van der Waals surface area contributed by atoms with Gasteiger partial charge in [0.1, 0.15) is 0 Å². The van der Waals surface area contributed by atoms with Crippen LogP contribution in [0, 0.1) is 4.77 Å². The monoisotopic (exact) mass is 285 g/mol. The summed E-state index contributed by atoms with van der Waals surface area (Å²) in [6.45, 7) is 2.50. The lowest BCUT2D eigenvalue weighted by Gasteiger charge is -2.23. The maximum Gasteiger partial charge on any atom is 0.179 e. The fourth-order valence-corrected chi connectivity index (χ4v) is 2.46. The zero-order chi connectivity index (χ0) is 12.5. The second-order valence-corrected chi connectivity index (χ2v) is 4.96. The maximum atomic E-state index is 5.90. The Bertz CT molecular complexity index is 618. The van der Waals surface area contributed by atoms with Gasteiger partial charge in [0.05, 0.1) is 43.0 Å². The van der Waals surface area contributed by atoms with E-state index in [2.05, 4.69) is 9.97 Å². The van der Waals surface area contributed by atoms with E-state index in [9.17, 15) is 0 Å². The average Bonchev–Trinajstić information content (AvgIpc) is 2.66. The Balaban J connectivity index is 1.95. The van der Waals surface area contributed by atoms with Crippen LogP contribution < -0.4 is 0 Å². The zero-order valence-corrected chi connectivity index (χ0v) is 11.1. The summed E-state index contributed by atoms with van der Waals surface area (Å²) < 4.78 is 13.5. The van der Waals surface area contributed by atoms with Crippen molar-refractivity contribution < 1.29 is 9.47 Å². The number of aromatic amines is 1. The number of fused-ring (bicyclic) bond motifs is 1. The van der Waals surface area contributed by atoms with E-state index < -0.39 is 0 Å². The lowest BCUT2D eigenvalue weighted by molar-refractivity contribution is -0.0933. The van der Waals surface area contributed by atoms with Gasteiger partial charge in [-0.25, -0.2) is 4.98 Å². The molecule has 1 atom stereocenters. The predicted molar refractivity (Wildman–Crippen MR) is 70.5 cm³/mol. The molecular weight excluding hydrogens is 274 g/mol. The summed E-state index contributed by atoms with van der Waals surface area (Å²) in [4.78, 5) is 7.40. The minimum absolute atomic E-state index is 0.0157. The van der Waals surface area contributed by atoms with E-state index in [0.717, 1.165) is 11.2 Å². The quantitative estimate of drug-likeness (QED) is 0.859. The number of nitrogens with one attached hydrogen (secondary N) is 1. The van der Waals surface area contributed by atoms with E-state index in [-0.39, 0.29) is 6.10 Å². The third-order valence-electron chi connectivity index (χ3n) is 2.85. The van der Waals surface area contributed by atoms with Gasteiger partial charge in [0.2, 0.25) is 0 Å². The highest BCUT2D eigenvalue weighted by molar-refractivity contribution is 7.71. The Labute approximate surface area is 114 Å². The molecule has 0 saturated carbocycles. The van der Waals surface area contributed by atoms with E-state index in [1.54, 1.807) is 6.20 Å². The second-order valence-electron chi connectivity index (χ2n) is 4.13. The molecule has 18 heavy (non-hydrogen) atoms. The van der Waals surface area contributed by atoms with Crippen molar-refractivity contribution in [1.29, 1.82) is 0 Å².